The van der Waals surface area contributed by atoms with Crippen molar-refractivity contribution in [1.29, 1.82) is 0 Å². The van der Waals surface area contributed by atoms with E-state index in [-0.39, 0.29) is 16.5 Å². The van der Waals surface area contributed by atoms with E-state index in [9.17, 15) is 18.5 Å². The van der Waals surface area contributed by atoms with Crippen LogP contribution in [0.25, 0.3) is 0 Å². The average Bonchev–Trinajstić information content (AvgIpc) is 2.28. The zero-order valence-electron chi connectivity index (χ0n) is 8.76. The predicted molar refractivity (Wildman–Crippen MR) is 65.3 cm³/mol. The first kappa shape index (κ1) is 14.2. The lowest BCUT2D eigenvalue weighted by atomic mass is 10.3. The Morgan fingerprint density at radius 3 is 2.18 bits per heavy atom. The summed E-state index contributed by atoms with van der Waals surface area (Å²) >= 11 is 11.3. The summed E-state index contributed by atoms with van der Waals surface area (Å²) in [7, 11) is -3.82. The molecule has 1 aromatic carbocycles. The summed E-state index contributed by atoms with van der Waals surface area (Å²) in [5.74, 6) is -0.284. The maximum atomic E-state index is 12.0. The maximum absolute atomic E-state index is 12.0. The van der Waals surface area contributed by atoms with Crippen molar-refractivity contribution >= 4 is 38.7 Å². The highest BCUT2D eigenvalue weighted by Crippen LogP contribution is 2.31. The maximum Gasteiger partial charge on any atom is 0.269 e. The predicted octanol–water partition coefficient (Wildman–Crippen LogP) is 2.56. The molecule has 0 aliphatic rings. The number of alkyl halides is 2. The summed E-state index contributed by atoms with van der Waals surface area (Å²) < 4.78 is 22.3. The number of nitro groups is 1. The number of sulfone groups is 1. The molecule has 8 heteroatoms. The van der Waals surface area contributed by atoms with Crippen LogP contribution in [0.2, 0.25) is 0 Å². The molecular formula is C9H9Cl2NO4S. The Labute approximate surface area is 108 Å². The quantitative estimate of drug-likeness (QED) is 0.486. The Balaban J connectivity index is 3.22. The molecule has 5 nitrogen and oxygen atoms in total. The van der Waals surface area contributed by atoms with Crippen LogP contribution in [0.4, 0.5) is 5.69 Å². The Bertz CT molecular complexity index is 524. The lowest BCUT2D eigenvalue weighted by molar-refractivity contribution is -0.384. The Morgan fingerprint density at radius 2 is 1.82 bits per heavy atom. The molecule has 0 fully saturated rings. The smallest absolute Gasteiger partial charge is 0.258 e. The monoisotopic (exact) mass is 297 g/mol. The van der Waals surface area contributed by atoms with Crippen molar-refractivity contribution in [3.8, 4) is 0 Å². The normalized spacial score (nSPS) is 15.2. The van der Waals surface area contributed by atoms with Gasteiger partial charge in [0.25, 0.3) is 5.69 Å². The topological polar surface area (TPSA) is 77.3 Å². The van der Waals surface area contributed by atoms with Gasteiger partial charge in [-0.2, -0.15) is 0 Å². The van der Waals surface area contributed by atoms with Crippen molar-refractivity contribution < 1.29 is 13.3 Å². The summed E-state index contributed by atoms with van der Waals surface area (Å²) in [6.45, 7) is 1.28. The Hall–Kier alpha value is -0.850. The lowest BCUT2D eigenvalue weighted by Crippen LogP contribution is -2.31. The van der Waals surface area contributed by atoms with E-state index < -0.39 is 19.0 Å². The summed E-state index contributed by atoms with van der Waals surface area (Å²) in [6.07, 6.45) is 0. The molecule has 17 heavy (non-hydrogen) atoms. The third-order valence-corrected chi connectivity index (χ3v) is 5.89. The van der Waals surface area contributed by atoms with E-state index in [1.807, 2.05) is 0 Å². The molecular weight excluding hydrogens is 289 g/mol. The highest BCUT2D eigenvalue weighted by Gasteiger charge is 2.37. The number of hydrogen-bond donors (Lipinski definition) is 0. The molecule has 0 saturated carbocycles. The van der Waals surface area contributed by atoms with Crippen LogP contribution in [0.1, 0.15) is 6.92 Å². The van der Waals surface area contributed by atoms with Crippen LogP contribution in [-0.4, -0.2) is 23.4 Å². The molecule has 0 spiro atoms. The fourth-order valence-electron chi connectivity index (χ4n) is 1.06. The van der Waals surface area contributed by atoms with Crippen LogP contribution in [0, 0.1) is 10.1 Å². The molecule has 0 aromatic heterocycles. The molecule has 1 unspecified atom stereocenters. The molecule has 1 atom stereocenters. The fourth-order valence-corrected chi connectivity index (χ4v) is 2.89. The van der Waals surface area contributed by atoms with Gasteiger partial charge >= 0.3 is 0 Å². The number of halogens is 2. The van der Waals surface area contributed by atoms with Gasteiger partial charge < -0.3 is 0 Å². The minimum atomic E-state index is -3.82. The van der Waals surface area contributed by atoms with Crippen LogP contribution < -0.4 is 0 Å². The van der Waals surface area contributed by atoms with E-state index in [0.29, 0.717) is 0 Å². The fraction of sp³-hybridized carbons (Fsp3) is 0.333. The summed E-state index contributed by atoms with van der Waals surface area (Å²) in [5, 5.41) is 10.4. The molecule has 0 amide bonds. The van der Waals surface area contributed by atoms with E-state index in [4.69, 9.17) is 23.2 Å². The second kappa shape index (κ2) is 4.80. The first-order valence-corrected chi connectivity index (χ1v) is 6.86. The molecule has 0 N–H and O–H groups in total. The van der Waals surface area contributed by atoms with Crippen molar-refractivity contribution in [2.45, 2.75) is 16.0 Å². The molecule has 0 aliphatic heterocycles. The molecule has 0 saturated heterocycles. The minimum absolute atomic E-state index is 0.0961. The van der Waals surface area contributed by atoms with Gasteiger partial charge in [-0.05, 0) is 19.1 Å². The molecule has 0 heterocycles. The molecule has 1 aromatic rings. The third-order valence-electron chi connectivity index (χ3n) is 2.16. The highest BCUT2D eigenvalue weighted by atomic mass is 35.5. The molecule has 1 rings (SSSR count). The van der Waals surface area contributed by atoms with Crippen molar-refractivity contribution in [1.82, 2.24) is 0 Å². The zero-order valence-corrected chi connectivity index (χ0v) is 11.1. The van der Waals surface area contributed by atoms with Gasteiger partial charge in [-0.15, -0.1) is 23.2 Å². The minimum Gasteiger partial charge on any atom is -0.258 e. The number of non-ortho nitro benzene ring substituents is 1. The van der Waals surface area contributed by atoms with Crippen molar-refractivity contribution in [3.05, 3.63) is 34.4 Å². The number of hydrogen-bond acceptors (Lipinski definition) is 4. The van der Waals surface area contributed by atoms with Crippen molar-refractivity contribution in [3.63, 3.8) is 0 Å². The van der Waals surface area contributed by atoms with Gasteiger partial charge in [0, 0.05) is 12.1 Å². The Kier molecular flexibility index (Phi) is 4.01. The number of rotatable bonds is 4. The Morgan fingerprint density at radius 1 is 1.35 bits per heavy atom. The molecule has 0 radical (unpaired) electrons. The zero-order chi connectivity index (χ0) is 13.3. The van der Waals surface area contributed by atoms with Crippen LogP contribution in [0.15, 0.2) is 29.2 Å². The van der Waals surface area contributed by atoms with Crippen LogP contribution in [0.5, 0.6) is 0 Å². The second-order valence-corrected chi connectivity index (χ2v) is 7.19. The van der Waals surface area contributed by atoms with E-state index in [1.54, 1.807) is 0 Å². The molecule has 94 valence electrons. The van der Waals surface area contributed by atoms with Crippen LogP contribution in [-0.2, 0) is 9.84 Å². The highest BCUT2D eigenvalue weighted by molar-refractivity contribution is 7.94. The summed E-state index contributed by atoms with van der Waals surface area (Å²) in [5.41, 5.74) is -0.189. The van der Waals surface area contributed by atoms with Gasteiger partial charge in [-0.25, -0.2) is 8.42 Å². The van der Waals surface area contributed by atoms with Gasteiger partial charge in [-0.1, -0.05) is 0 Å². The van der Waals surface area contributed by atoms with Crippen LogP contribution >= 0.6 is 23.2 Å². The number of benzene rings is 1. The third kappa shape index (κ3) is 2.70. The van der Waals surface area contributed by atoms with E-state index in [1.165, 1.54) is 6.92 Å². The van der Waals surface area contributed by atoms with Gasteiger partial charge in [-0.3, -0.25) is 10.1 Å². The largest absolute Gasteiger partial charge is 0.269 e. The van der Waals surface area contributed by atoms with E-state index in [2.05, 4.69) is 0 Å². The van der Waals surface area contributed by atoms with Gasteiger partial charge in [0.05, 0.1) is 15.7 Å². The summed E-state index contributed by atoms with van der Waals surface area (Å²) in [4.78, 5) is 9.71. The average molecular weight is 298 g/mol. The standard InChI is InChI=1S/C9H9Cl2NO4S/c1-9(11,6-10)17(15,16)8-4-2-7(3-5-8)12(13)14/h2-5H,6H2,1H3. The lowest BCUT2D eigenvalue weighted by Gasteiger charge is -2.19. The van der Waals surface area contributed by atoms with Crippen molar-refractivity contribution in [2.24, 2.45) is 0 Å². The van der Waals surface area contributed by atoms with Gasteiger partial charge in [0.2, 0.25) is 0 Å². The van der Waals surface area contributed by atoms with E-state index in [0.717, 1.165) is 24.3 Å². The van der Waals surface area contributed by atoms with Crippen molar-refractivity contribution in [2.75, 3.05) is 5.88 Å². The van der Waals surface area contributed by atoms with E-state index >= 15 is 0 Å². The number of nitrogens with zero attached hydrogens (tertiary/aromatic N) is 1. The first-order valence-electron chi connectivity index (χ1n) is 4.46. The van der Waals surface area contributed by atoms with Crippen LogP contribution in [0.3, 0.4) is 0 Å². The SMILES string of the molecule is CC(Cl)(CCl)S(=O)(=O)c1ccc([N+](=O)[O-])cc1. The second-order valence-electron chi connectivity index (χ2n) is 3.49. The summed E-state index contributed by atoms with van der Waals surface area (Å²) in [6, 6.07) is 4.49. The van der Waals surface area contributed by atoms with Gasteiger partial charge in [0.15, 0.2) is 14.0 Å². The molecule has 0 aliphatic carbocycles. The van der Waals surface area contributed by atoms with Gasteiger partial charge in [0.1, 0.15) is 0 Å². The first-order chi connectivity index (χ1) is 7.72. The molecule has 0 bridgehead atoms. The number of nitro benzene ring substituents is 1.